The zero-order valence-corrected chi connectivity index (χ0v) is 17.8. The first-order valence-corrected chi connectivity index (χ1v) is 10.2. The highest BCUT2D eigenvalue weighted by molar-refractivity contribution is 5.85. The van der Waals surface area contributed by atoms with Crippen LogP contribution in [0.2, 0.25) is 0 Å². The van der Waals surface area contributed by atoms with Crippen molar-refractivity contribution in [1.29, 1.82) is 0 Å². The van der Waals surface area contributed by atoms with E-state index < -0.39 is 6.10 Å². The SMILES string of the molecule is CCOc1cc2c(cc1OC)C=NC1CCC(O)C(c3cnc(OC)c(OC)c3)C21. The molecule has 1 aromatic carbocycles. The lowest BCUT2D eigenvalue weighted by Gasteiger charge is -2.42. The van der Waals surface area contributed by atoms with Crippen LogP contribution in [-0.4, -0.2) is 56.4 Å². The van der Waals surface area contributed by atoms with Gasteiger partial charge in [-0.2, -0.15) is 0 Å². The van der Waals surface area contributed by atoms with Crippen LogP contribution in [0.4, 0.5) is 0 Å². The summed E-state index contributed by atoms with van der Waals surface area (Å²) >= 11 is 0. The van der Waals surface area contributed by atoms with Crippen molar-refractivity contribution in [3.05, 3.63) is 41.1 Å². The Morgan fingerprint density at radius 2 is 1.77 bits per heavy atom. The Morgan fingerprint density at radius 3 is 2.47 bits per heavy atom. The first-order chi connectivity index (χ1) is 14.6. The fourth-order valence-corrected chi connectivity index (χ4v) is 4.70. The number of pyridine rings is 1. The van der Waals surface area contributed by atoms with Crippen molar-refractivity contribution in [2.75, 3.05) is 27.9 Å². The quantitative estimate of drug-likeness (QED) is 0.784. The van der Waals surface area contributed by atoms with Crippen molar-refractivity contribution < 1.29 is 24.1 Å². The second kappa shape index (κ2) is 8.52. The highest BCUT2D eigenvalue weighted by Crippen LogP contribution is 2.50. The van der Waals surface area contributed by atoms with Gasteiger partial charge in [0.25, 0.3) is 5.88 Å². The molecule has 0 spiro atoms. The number of aliphatic imine (C=N–C) groups is 1. The van der Waals surface area contributed by atoms with Gasteiger partial charge in [0.15, 0.2) is 17.2 Å². The highest BCUT2D eigenvalue weighted by Gasteiger charge is 2.43. The summed E-state index contributed by atoms with van der Waals surface area (Å²) in [4.78, 5) is 9.23. The number of aliphatic hydroxyl groups excluding tert-OH is 1. The van der Waals surface area contributed by atoms with Gasteiger partial charge in [-0.25, -0.2) is 4.98 Å². The minimum atomic E-state index is -0.509. The molecule has 7 nitrogen and oxygen atoms in total. The third-order valence-corrected chi connectivity index (χ3v) is 6.05. The van der Waals surface area contributed by atoms with Crippen molar-refractivity contribution in [2.24, 2.45) is 4.99 Å². The number of hydrogen-bond donors (Lipinski definition) is 1. The van der Waals surface area contributed by atoms with Gasteiger partial charge in [-0.05, 0) is 54.7 Å². The number of aliphatic hydroxyl groups is 1. The molecule has 4 rings (SSSR count). The van der Waals surface area contributed by atoms with Crippen LogP contribution < -0.4 is 18.9 Å². The van der Waals surface area contributed by atoms with E-state index in [9.17, 15) is 5.11 Å². The molecule has 1 aliphatic carbocycles. The number of hydrogen-bond acceptors (Lipinski definition) is 7. The van der Waals surface area contributed by atoms with Gasteiger partial charge in [0, 0.05) is 24.2 Å². The summed E-state index contributed by atoms with van der Waals surface area (Å²) in [5.74, 6) is 2.19. The molecule has 1 fully saturated rings. The lowest BCUT2D eigenvalue weighted by atomic mass is 9.66. The molecule has 1 N–H and O–H groups in total. The fourth-order valence-electron chi connectivity index (χ4n) is 4.70. The zero-order chi connectivity index (χ0) is 21.3. The molecule has 4 unspecified atom stereocenters. The summed E-state index contributed by atoms with van der Waals surface area (Å²) in [5.41, 5.74) is 3.01. The summed E-state index contributed by atoms with van der Waals surface area (Å²) in [7, 11) is 4.78. The normalized spacial score (nSPS) is 24.6. The predicted molar refractivity (Wildman–Crippen MR) is 114 cm³/mol. The average molecular weight is 412 g/mol. The van der Waals surface area contributed by atoms with Crippen molar-refractivity contribution in [3.63, 3.8) is 0 Å². The molecule has 0 bridgehead atoms. The van der Waals surface area contributed by atoms with Gasteiger partial charge < -0.3 is 24.1 Å². The summed E-state index contributed by atoms with van der Waals surface area (Å²) in [6.45, 7) is 2.49. The van der Waals surface area contributed by atoms with E-state index in [4.69, 9.17) is 23.9 Å². The lowest BCUT2D eigenvalue weighted by molar-refractivity contribution is 0.0848. The van der Waals surface area contributed by atoms with E-state index in [-0.39, 0.29) is 17.9 Å². The summed E-state index contributed by atoms with van der Waals surface area (Å²) in [5, 5.41) is 11.0. The molecule has 0 amide bonds. The molecule has 7 heteroatoms. The Morgan fingerprint density at radius 1 is 0.967 bits per heavy atom. The molecule has 1 aliphatic heterocycles. The van der Waals surface area contributed by atoms with Crippen LogP contribution in [0.25, 0.3) is 0 Å². The molecule has 2 aromatic rings. The van der Waals surface area contributed by atoms with Crippen LogP contribution in [0.15, 0.2) is 29.4 Å². The van der Waals surface area contributed by atoms with E-state index in [2.05, 4.69) is 4.98 Å². The van der Waals surface area contributed by atoms with E-state index in [0.29, 0.717) is 36.2 Å². The van der Waals surface area contributed by atoms with Crippen molar-refractivity contribution in [3.8, 4) is 23.1 Å². The molecule has 1 aromatic heterocycles. The molecule has 0 radical (unpaired) electrons. The molecule has 160 valence electrons. The van der Waals surface area contributed by atoms with Gasteiger partial charge >= 0.3 is 0 Å². The molecule has 0 saturated heterocycles. The largest absolute Gasteiger partial charge is 0.493 e. The van der Waals surface area contributed by atoms with Crippen LogP contribution in [0, 0.1) is 0 Å². The van der Waals surface area contributed by atoms with Gasteiger partial charge in [0.1, 0.15) is 0 Å². The van der Waals surface area contributed by atoms with E-state index in [1.807, 2.05) is 31.3 Å². The molecule has 1 saturated carbocycles. The van der Waals surface area contributed by atoms with Crippen LogP contribution in [0.5, 0.6) is 23.1 Å². The van der Waals surface area contributed by atoms with Crippen LogP contribution >= 0.6 is 0 Å². The second-order valence-electron chi connectivity index (χ2n) is 7.59. The van der Waals surface area contributed by atoms with Crippen molar-refractivity contribution in [1.82, 2.24) is 4.98 Å². The number of benzene rings is 1. The Labute approximate surface area is 176 Å². The van der Waals surface area contributed by atoms with Crippen molar-refractivity contribution >= 4 is 6.21 Å². The van der Waals surface area contributed by atoms with Gasteiger partial charge in [0.05, 0.1) is 40.1 Å². The Hall–Kier alpha value is -2.80. The summed E-state index contributed by atoms with van der Waals surface area (Å²) < 4.78 is 22.1. The molecular weight excluding hydrogens is 384 g/mol. The third kappa shape index (κ3) is 3.47. The second-order valence-corrected chi connectivity index (χ2v) is 7.59. The number of rotatable bonds is 6. The smallest absolute Gasteiger partial charge is 0.256 e. The predicted octanol–water partition coefficient (Wildman–Crippen LogP) is 3.33. The average Bonchev–Trinajstić information content (AvgIpc) is 2.78. The fraction of sp³-hybridized carbons (Fsp3) is 0.478. The summed E-state index contributed by atoms with van der Waals surface area (Å²) in [6.07, 6.45) is 4.68. The zero-order valence-electron chi connectivity index (χ0n) is 17.8. The molecule has 2 heterocycles. The third-order valence-electron chi connectivity index (χ3n) is 6.05. The maximum Gasteiger partial charge on any atom is 0.256 e. The van der Waals surface area contributed by atoms with Crippen LogP contribution in [-0.2, 0) is 0 Å². The minimum Gasteiger partial charge on any atom is -0.493 e. The molecule has 30 heavy (non-hydrogen) atoms. The van der Waals surface area contributed by atoms with E-state index in [1.54, 1.807) is 27.5 Å². The number of aromatic nitrogens is 1. The van der Waals surface area contributed by atoms with Gasteiger partial charge in [-0.3, -0.25) is 4.99 Å². The van der Waals surface area contributed by atoms with Crippen molar-refractivity contribution in [2.45, 2.75) is 43.7 Å². The van der Waals surface area contributed by atoms with Gasteiger partial charge in [0.2, 0.25) is 0 Å². The Bertz CT molecular complexity index is 945. The number of methoxy groups -OCH3 is 3. The first kappa shape index (κ1) is 20.5. The Kier molecular flexibility index (Phi) is 5.81. The number of fused-ring (bicyclic) bond motifs is 3. The Balaban J connectivity index is 1.83. The van der Waals surface area contributed by atoms with E-state index in [0.717, 1.165) is 23.1 Å². The van der Waals surface area contributed by atoms with E-state index in [1.165, 1.54) is 0 Å². The standard InChI is InChI=1S/C23H28N2O5/c1-5-30-19-10-15-13(8-18(19)27-2)11-24-16-6-7-17(26)21(22(15)16)14-9-20(28-3)23(29-4)25-12-14/h8-12,16-17,21-22,26H,5-7H2,1-4H3. The topological polar surface area (TPSA) is 82.4 Å². The summed E-state index contributed by atoms with van der Waals surface area (Å²) in [6, 6.07) is 6.00. The van der Waals surface area contributed by atoms with Gasteiger partial charge in [-0.15, -0.1) is 0 Å². The minimum absolute atomic E-state index is 0.00115. The maximum absolute atomic E-state index is 11.0. The lowest BCUT2D eigenvalue weighted by Crippen LogP contribution is -2.39. The van der Waals surface area contributed by atoms with Gasteiger partial charge in [-0.1, -0.05) is 0 Å². The van der Waals surface area contributed by atoms with E-state index >= 15 is 0 Å². The number of nitrogens with zero attached hydrogens (tertiary/aromatic N) is 2. The first-order valence-electron chi connectivity index (χ1n) is 10.2. The highest BCUT2D eigenvalue weighted by atomic mass is 16.5. The van der Waals surface area contributed by atoms with Crippen LogP contribution in [0.3, 0.4) is 0 Å². The van der Waals surface area contributed by atoms with Crippen LogP contribution in [0.1, 0.15) is 48.3 Å². The molecule has 4 atom stereocenters. The number of ether oxygens (including phenoxy) is 4. The monoisotopic (exact) mass is 412 g/mol. The molecular formula is C23H28N2O5. The molecule has 2 aliphatic rings. The maximum atomic E-state index is 11.0.